The molecule has 0 N–H and O–H groups in total. The fourth-order valence-corrected chi connectivity index (χ4v) is 3.82. The molecule has 3 aromatic rings. The van der Waals surface area contributed by atoms with Crippen molar-refractivity contribution in [1.82, 2.24) is 0 Å². The number of allylic oxidation sites excluding steroid dienone is 1. The average Bonchev–Trinajstić information content (AvgIpc) is 3.05. The summed E-state index contributed by atoms with van der Waals surface area (Å²) in [4.78, 5) is 25.1. The summed E-state index contributed by atoms with van der Waals surface area (Å²) >= 11 is 18.3. The fraction of sp³-hybridized carbons (Fsp3) is 0.0833. The van der Waals surface area contributed by atoms with Crippen molar-refractivity contribution < 1.29 is 19.1 Å². The highest BCUT2D eigenvalue weighted by atomic mass is 35.5. The standard InChI is InChI=1S/C24H15Cl3O4/c1-13-20(30-22(28)11-14-5-7-15(25)8-6-14)10-9-16-23(29)21(31-24(13)16)12-17-18(26)3-2-4-19(17)27/h2-10,12H,11H2,1H3/b21-12-. The Balaban J connectivity index is 1.57. The summed E-state index contributed by atoms with van der Waals surface area (Å²) in [5, 5.41) is 1.40. The van der Waals surface area contributed by atoms with Crippen LogP contribution in [-0.4, -0.2) is 11.8 Å². The summed E-state index contributed by atoms with van der Waals surface area (Å²) in [5.74, 6) is 0.0259. The minimum Gasteiger partial charge on any atom is -0.452 e. The molecule has 0 aliphatic carbocycles. The number of benzene rings is 3. The molecule has 1 heterocycles. The molecule has 31 heavy (non-hydrogen) atoms. The molecule has 4 nitrogen and oxygen atoms in total. The lowest BCUT2D eigenvalue weighted by Crippen LogP contribution is -2.12. The lowest BCUT2D eigenvalue weighted by molar-refractivity contribution is -0.133. The number of rotatable bonds is 4. The van der Waals surface area contributed by atoms with Gasteiger partial charge in [-0.15, -0.1) is 0 Å². The van der Waals surface area contributed by atoms with Gasteiger partial charge in [0.05, 0.1) is 12.0 Å². The Morgan fingerprint density at radius 1 is 1.00 bits per heavy atom. The monoisotopic (exact) mass is 472 g/mol. The largest absolute Gasteiger partial charge is 0.452 e. The van der Waals surface area contributed by atoms with Crippen molar-refractivity contribution in [2.45, 2.75) is 13.3 Å². The van der Waals surface area contributed by atoms with Crippen LogP contribution >= 0.6 is 34.8 Å². The second-order valence-electron chi connectivity index (χ2n) is 6.92. The summed E-state index contributed by atoms with van der Waals surface area (Å²) in [7, 11) is 0. The molecule has 0 atom stereocenters. The minimum atomic E-state index is -0.437. The van der Waals surface area contributed by atoms with E-state index in [1.807, 2.05) is 0 Å². The molecule has 156 valence electrons. The number of Topliss-reactive ketones (excluding diaryl/α,β-unsaturated/α-hetero) is 1. The van der Waals surface area contributed by atoms with Crippen LogP contribution in [0, 0.1) is 6.92 Å². The highest BCUT2D eigenvalue weighted by Gasteiger charge is 2.31. The van der Waals surface area contributed by atoms with E-state index in [2.05, 4.69) is 0 Å². The summed E-state index contributed by atoms with van der Waals surface area (Å²) in [6.45, 7) is 1.72. The Bertz CT molecular complexity index is 1210. The molecule has 0 saturated heterocycles. The van der Waals surface area contributed by atoms with Crippen molar-refractivity contribution in [3.63, 3.8) is 0 Å². The van der Waals surface area contributed by atoms with Crippen LogP contribution in [0.5, 0.6) is 11.5 Å². The van der Waals surface area contributed by atoms with Crippen molar-refractivity contribution in [2.75, 3.05) is 0 Å². The zero-order chi connectivity index (χ0) is 22.1. The molecular formula is C24H15Cl3O4. The first-order valence-corrected chi connectivity index (χ1v) is 10.4. The van der Waals surface area contributed by atoms with E-state index in [9.17, 15) is 9.59 Å². The van der Waals surface area contributed by atoms with Crippen molar-refractivity contribution in [3.8, 4) is 11.5 Å². The highest BCUT2D eigenvalue weighted by molar-refractivity contribution is 6.37. The van der Waals surface area contributed by atoms with Crippen LogP contribution in [-0.2, 0) is 11.2 Å². The van der Waals surface area contributed by atoms with Crippen LogP contribution in [0.2, 0.25) is 15.1 Å². The molecule has 0 radical (unpaired) electrons. The van der Waals surface area contributed by atoms with Gasteiger partial charge in [0, 0.05) is 26.2 Å². The molecule has 0 aromatic heterocycles. The molecular weight excluding hydrogens is 459 g/mol. The summed E-state index contributed by atoms with van der Waals surface area (Å²) < 4.78 is 11.3. The van der Waals surface area contributed by atoms with Crippen LogP contribution in [0.25, 0.3) is 6.08 Å². The normalized spacial score (nSPS) is 13.8. The van der Waals surface area contributed by atoms with Crippen molar-refractivity contribution in [1.29, 1.82) is 0 Å². The van der Waals surface area contributed by atoms with Crippen LogP contribution in [0.15, 0.2) is 60.4 Å². The number of carbonyl (C=O) groups is 2. The van der Waals surface area contributed by atoms with Gasteiger partial charge in [-0.2, -0.15) is 0 Å². The number of carbonyl (C=O) groups excluding carboxylic acids is 2. The Kier molecular flexibility index (Phi) is 6.05. The molecule has 1 aliphatic rings. The van der Waals surface area contributed by atoms with Crippen molar-refractivity contribution in [2.24, 2.45) is 0 Å². The number of hydrogen-bond acceptors (Lipinski definition) is 4. The Hall–Kier alpha value is -2.79. The molecule has 0 amide bonds. The van der Waals surface area contributed by atoms with Gasteiger partial charge in [-0.05, 0) is 55.0 Å². The molecule has 7 heteroatoms. The van der Waals surface area contributed by atoms with E-state index >= 15 is 0 Å². The number of halogens is 3. The first-order chi connectivity index (χ1) is 14.8. The van der Waals surface area contributed by atoms with Crippen LogP contribution in [0.1, 0.15) is 27.0 Å². The van der Waals surface area contributed by atoms with Gasteiger partial charge in [0.1, 0.15) is 11.5 Å². The van der Waals surface area contributed by atoms with Gasteiger partial charge in [-0.25, -0.2) is 0 Å². The number of esters is 1. The zero-order valence-electron chi connectivity index (χ0n) is 16.2. The molecule has 4 rings (SSSR count). The second kappa shape index (κ2) is 8.75. The number of ether oxygens (including phenoxy) is 2. The smallest absolute Gasteiger partial charge is 0.315 e. The summed E-state index contributed by atoms with van der Waals surface area (Å²) in [5.41, 5.74) is 2.20. The second-order valence-corrected chi connectivity index (χ2v) is 8.17. The maximum Gasteiger partial charge on any atom is 0.315 e. The Morgan fingerprint density at radius 2 is 1.68 bits per heavy atom. The van der Waals surface area contributed by atoms with E-state index in [0.29, 0.717) is 43.3 Å². The van der Waals surface area contributed by atoms with E-state index in [-0.39, 0.29) is 18.0 Å². The fourth-order valence-electron chi connectivity index (χ4n) is 3.19. The topological polar surface area (TPSA) is 52.6 Å². The predicted octanol–water partition coefficient (Wildman–Crippen LogP) is 6.72. The third kappa shape index (κ3) is 4.47. The Labute approximate surface area is 193 Å². The van der Waals surface area contributed by atoms with Gasteiger partial charge < -0.3 is 9.47 Å². The van der Waals surface area contributed by atoms with E-state index in [4.69, 9.17) is 44.3 Å². The minimum absolute atomic E-state index is 0.0869. The quantitative estimate of drug-likeness (QED) is 0.240. The molecule has 0 unspecified atom stereocenters. The third-order valence-corrected chi connectivity index (χ3v) is 5.71. The van der Waals surface area contributed by atoms with E-state index < -0.39 is 5.97 Å². The maximum atomic E-state index is 12.8. The lowest BCUT2D eigenvalue weighted by Gasteiger charge is -2.10. The van der Waals surface area contributed by atoms with Crippen LogP contribution < -0.4 is 9.47 Å². The zero-order valence-corrected chi connectivity index (χ0v) is 18.5. The number of ketones is 1. The van der Waals surface area contributed by atoms with Crippen molar-refractivity contribution >= 4 is 52.6 Å². The first kappa shape index (κ1) is 21.4. The van der Waals surface area contributed by atoms with E-state index in [1.54, 1.807) is 61.5 Å². The van der Waals surface area contributed by atoms with Crippen molar-refractivity contribution in [3.05, 3.63) is 97.7 Å². The number of hydrogen-bond donors (Lipinski definition) is 0. The molecule has 0 fully saturated rings. The van der Waals surface area contributed by atoms with Crippen LogP contribution in [0.3, 0.4) is 0 Å². The average molecular weight is 474 g/mol. The molecule has 3 aromatic carbocycles. The van der Waals surface area contributed by atoms with Gasteiger partial charge in [0.2, 0.25) is 5.78 Å². The van der Waals surface area contributed by atoms with Gasteiger partial charge in [-0.1, -0.05) is 53.0 Å². The molecule has 0 bridgehead atoms. The summed E-state index contributed by atoms with van der Waals surface area (Å²) in [6.07, 6.45) is 1.60. The number of fused-ring (bicyclic) bond motifs is 1. The predicted molar refractivity (Wildman–Crippen MR) is 121 cm³/mol. The van der Waals surface area contributed by atoms with Gasteiger partial charge >= 0.3 is 5.97 Å². The molecule has 0 saturated carbocycles. The lowest BCUT2D eigenvalue weighted by atomic mass is 10.1. The van der Waals surface area contributed by atoms with E-state index in [1.165, 1.54) is 6.08 Å². The first-order valence-electron chi connectivity index (χ1n) is 9.30. The third-order valence-electron chi connectivity index (χ3n) is 4.80. The van der Waals surface area contributed by atoms with Gasteiger partial charge in [-0.3, -0.25) is 9.59 Å². The Morgan fingerprint density at radius 3 is 2.35 bits per heavy atom. The van der Waals surface area contributed by atoms with Gasteiger partial charge in [0.25, 0.3) is 0 Å². The maximum absolute atomic E-state index is 12.8. The molecule has 0 spiro atoms. The summed E-state index contributed by atoms with van der Waals surface area (Å²) in [6, 6.07) is 15.2. The van der Waals surface area contributed by atoms with Gasteiger partial charge in [0.15, 0.2) is 5.76 Å². The SMILES string of the molecule is Cc1c(OC(=O)Cc2ccc(Cl)cc2)ccc2c1O/C(=C\c1c(Cl)cccc1Cl)C2=O. The van der Waals surface area contributed by atoms with Crippen LogP contribution in [0.4, 0.5) is 0 Å². The van der Waals surface area contributed by atoms with E-state index in [0.717, 1.165) is 5.56 Å². The molecule has 1 aliphatic heterocycles. The highest BCUT2D eigenvalue weighted by Crippen LogP contribution is 2.40.